The Balaban J connectivity index is 1.27. The molecule has 0 bridgehead atoms. The molecule has 0 aliphatic carbocycles. The minimum atomic E-state index is -0.217. The van der Waals surface area contributed by atoms with E-state index in [2.05, 4.69) is 30.7 Å². The summed E-state index contributed by atoms with van der Waals surface area (Å²) < 4.78 is 1.77. The Morgan fingerprint density at radius 3 is 2.62 bits per heavy atom. The highest BCUT2D eigenvalue weighted by atomic mass is 16.1. The van der Waals surface area contributed by atoms with Crippen molar-refractivity contribution in [3.63, 3.8) is 0 Å². The summed E-state index contributed by atoms with van der Waals surface area (Å²) in [6, 6.07) is 20.1. The van der Waals surface area contributed by atoms with Crippen LogP contribution >= 0.6 is 0 Å². The molecule has 0 radical (unpaired) electrons. The minimum Gasteiger partial charge on any atom is -0.397 e. The fourth-order valence-corrected chi connectivity index (χ4v) is 3.63. The highest BCUT2D eigenvalue weighted by Crippen LogP contribution is 2.23. The van der Waals surface area contributed by atoms with E-state index >= 15 is 0 Å². The number of nitrogens with zero attached hydrogens (tertiary/aromatic N) is 5. The lowest BCUT2D eigenvalue weighted by Gasteiger charge is -2.09. The van der Waals surface area contributed by atoms with Crippen molar-refractivity contribution in [2.24, 2.45) is 0 Å². The first-order valence-electron chi connectivity index (χ1n) is 10.7. The monoisotopic (exact) mass is 450 g/mol. The number of carbonyl (C=O) groups excluding carboxylic acids is 1. The molecule has 168 valence electrons. The zero-order valence-corrected chi connectivity index (χ0v) is 18.4. The Hall–Kier alpha value is -4.79. The van der Waals surface area contributed by atoms with Crippen molar-refractivity contribution >= 4 is 28.9 Å². The van der Waals surface area contributed by atoms with E-state index in [9.17, 15) is 4.79 Å². The van der Waals surface area contributed by atoms with Gasteiger partial charge in [-0.2, -0.15) is 5.10 Å². The Kier molecular flexibility index (Phi) is 5.57. The van der Waals surface area contributed by atoms with Gasteiger partial charge in [-0.05, 0) is 55.0 Å². The summed E-state index contributed by atoms with van der Waals surface area (Å²) in [5, 5.41) is 10.5. The number of benzene rings is 2. The molecule has 2 aromatic carbocycles. The molecule has 3 heterocycles. The fourth-order valence-electron chi connectivity index (χ4n) is 3.63. The summed E-state index contributed by atoms with van der Waals surface area (Å²) >= 11 is 0. The van der Waals surface area contributed by atoms with E-state index in [1.54, 1.807) is 41.2 Å². The lowest BCUT2D eigenvalue weighted by molar-refractivity contribution is 0.102. The number of aromatic nitrogens is 5. The van der Waals surface area contributed by atoms with E-state index < -0.39 is 0 Å². The lowest BCUT2D eigenvalue weighted by atomic mass is 10.1. The maximum atomic E-state index is 12.5. The van der Waals surface area contributed by atoms with Crippen molar-refractivity contribution in [3.05, 3.63) is 95.9 Å². The first-order valence-corrected chi connectivity index (χ1v) is 10.7. The van der Waals surface area contributed by atoms with Crippen molar-refractivity contribution in [2.75, 3.05) is 16.4 Å². The van der Waals surface area contributed by atoms with E-state index in [1.807, 2.05) is 49.4 Å². The lowest BCUT2D eigenvalue weighted by Crippen LogP contribution is -2.13. The van der Waals surface area contributed by atoms with Gasteiger partial charge in [0.05, 0.1) is 22.8 Å². The molecular formula is C25H22N8O. The molecule has 34 heavy (non-hydrogen) atoms. The first kappa shape index (κ1) is 21.1. The van der Waals surface area contributed by atoms with Crippen molar-refractivity contribution in [2.45, 2.75) is 13.5 Å². The second kappa shape index (κ2) is 8.99. The molecule has 0 fully saturated rings. The van der Waals surface area contributed by atoms with E-state index in [4.69, 9.17) is 5.73 Å². The predicted molar refractivity (Wildman–Crippen MR) is 131 cm³/mol. The van der Waals surface area contributed by atoms with Crippen LogP contribution < -0.4 is 16.4 Å². The molecule has 0 aliphatic rings. The smallest absolute Gasteiger partial charge is 0.255 e. The average molecular weight is 451 g/mol. The number of imidazole rings is 1. The largest absolute Gasteiger partial charge is 0.397 e. The summed E-state index contributed by atoms with van der Waals surface area (Å²) in [7, 11) is 0. The second-order valence-electron chi connectivity index (χ2n) is 7.70. The normalized spacial score (nSPS) is 10.9. The van der Waals surface area contributed by atoms with Gasteiger partial charge in [0, 0.05) is 24.5 Å². The van der Waals surface area contributed by atoms with Gasteiger partial charge in [-0.1, -0.05) is 24.3 Å². The quantitative estimate of drug-likeness (QED) is 0.335. The minimum absolute atomic E-state index is 0.217. The van der Waals surface area contributed by atoms with Gasteiger partial charge in [-0.3, -0.25) is 4.79 Å². The van der Waals surface area contributed by atoms with E-state index in [0.29, 0.717) is 29.4 Å². The fraction of sp³-hybridized carbons (Fsp3) is 0.0800. The number of hydrogen-bond donors (Lipinski definition) is 3. The van der Waals surface area contributed by atoms with Crippen molar-refractivity contribution in [1.82, 2.24) is 24.6 Å². The molecule has 0 unspecified atom stereocenters. The number of nitrogens with one attached hydrogen (secondary N) is 2. The number of amides is 1. The Morgan fingerprint density at radius 2 is 1.79 bits per heavy atom. The number of anilines is 3. The second-order valence-corrected chi connectivity index (χ2v) is 7.70. The third kappa shape index (κ3) is 4.26. The van der Waals surface area contributed by atoms with Gasteiger partial charge in [0.25, 0.3) is 5.91 Å². The van der Waals surface area contributed by atoms with Crippen LogP contribution in [0.1, 0.15) is 21.6 Å². The van der Waals surface area contributed by atoms with Crippen LogP contribution in [0, 0.1) is 6.92 Å². The number of nitrogen functional groups attached to an aromatic ring is 1. The molecule has 5 rings (SSSR count). The van der Waals surface area contributed by atoms with Gasteiger partial charge in [-0.25, -0.2) is 19.5 Å². The summed E-state index contributed by atoms with van der Waals surface area (Å²) in [4.78, 5) is 26.0. The number of hydrogen-bond acceptors (Lipinski definition) is 7. The molecule has 0 saturated heterocycles. The maximum Gasteiger partial charge on any atom is 0.255 e. The van der Waals surface area contributed by atoms with E-state index in [0.717, 1.165) is 28.3 Å². The number of carbonyl (C=O) groups is 1. The van der Waals surface area contributed by atoms with Crippen LogP contribution in [-0.2, 0) is 6.54 Å². The van der Waals surface area contributed by atoms with E-state index in [-0.39, 0.29) is 5.91 Å². The number of fused-ring (bicyclic) bond motifs is 1. The van der Waals surface area contributed by atoms with Gasteiger partial charge in [-0.15, -0.1) is 0 Å². The van der Waals surface area contributed by atoms with Crippen molar-refractivity contribution in [1.29, 1.82) is 0 Å². The standard InChI is InChI=1S/C25H22N8O/c1-16-23(33-22(30-16)7-4-13-29-33)21-12-14-27-25(32-21)28-15-17-8-10-18(11-9-17)24(34)31-20-6-3-2-5-19(20)26/h2-14H,15,26H2,1H3,(H,31,34)(H,27,28,32). The van der Waals surface area contributed by atoms with Gasteiger partial charge in [0.15, 0.2) is 5.65 Å². The molecule has 5 aromatic rings. The number of nitrogens with two attached hydrogens (primary N) is 1. The number of rotatable bonds is 6. The maximum absolute atomic E-state index is 12.5. The van der Waals surface area contributed by atoms with Crippen LogP contribution in [-0.4, -0.2) is 30.5 Å². The van der Waals surface area contributed by atoms with Gasteiger partial charge < -0.3 is 16.4 Å². The topological polar surface area (TPSA) is 123 Å². The van der Waals surface area contributed by atoms with Crippen LogP contribution in [0.15, 0.2) is 79.1 Å². The molecule has 3 aromatic heterocycles. The van der Waals surface area contributed by atoms with Gasteiger partial charge in [0.1, 0.15) is 5.69 Å². The first-order chi connectivity index (χ1) is 16.6. The molecule has 0 saturated carbocycles. The Morgan fingerprint density at radius 1 is 0.971 bits per heavy atom. The van der Waals surface area contributed by atoms with Gasteiger partial charge in [0.2, 0.25) is 5.95 Å². The number of aryl methyl sites for hydroxylation is 1. The summed E-state index contributed by atoms with van der Waals surface area (Å²) in [5.74, 6) is 0.273. The highest BCUT2D eigenvalue weighted by Gasteiger charge is 2.14. The third-order valence-corrected chi connectivity index (χ3v) is 5.34. The molecule has 9 nitrogen and oxygen atoms in total. The van der Waals surface area contributed by atoms with Crippen LogP contribution in [0.25, 0.3) is 17.0 Å². The molecule has 1 amide bonds. The molecule has 0 atom stereocenters. The molecule has 0 spiro atoms. The SMILES string of the molecule is Cc1nc2cccnn2c1-c1ccnc(NCc2ccc(C(=O)Nc3ccccc3N)cc2)n1. The zero-order valence-electron chi connectivity index (χ0n) is 18.4. The van der Waals surface area contributed by atoms with Crippen LogP contribution in [0.5, 0.6) is 0 Å². The molecular weight excluding hydrogens is 428 g/mol. The zero-order chi connectivity index (χ0) is 23.5. The van der Waals surface area contributed by atoms with Crippen LogP contribution in [0.4, 0.5) is 17.3 Å². The Bertz CT molecular complexity index is 1480. The third-order valence-electron chi connectivity index (χ3n) is 5.34. The summed E-state index contributed by atoms with van der Waals surface area (Å²) in [6.07, 6.45) is 3.42. The molecule has 4 N–H and O–H groups in total. The average Bonchev–Trinajstić information content (AvgIpc) is 3.20. The van der Waals surface area contributed by atoms with Crippen LogP contribution in [0.3, 0.4) is 0 Å². The highest BCUT2D eigenvalue weighted by molar-refractivity contribution is 6.05. The molecule has 9 heteroatoms. The summed E-state index contributed by atoms with van der Waals surface area (Å²) in [6.45, 7) is 2.43. The van der Waals surface area contributed by atoms with E-state index in [1.165, 1.54) is 0 Å². The molecule has 0 aliphatic heterocycles. The van der Waals surface area contributed by atoms with Crippen molar-refractivity contribution < 1.29 is 4.79 Å². The summed E-state index contributed by atoms with van der Waals surface area (Å²) in [5.41, 5.74) is 11.7. The van der Waals surface area contributed by atoms with Crippen molar-refractivity contribution in [3.8, 4) is 11.4 Å². The number of para-hydroxylation sites is 2. The predicted octanol–water partition coefficient (Wildman–Crippen LogP) is 3.94. The van der Waals surface area contributed by atoms with Gasteiger partial charge >= 0.3 is 0 Å². The van der Waals surface area contributed by atoms with Crippen LogP contribution in [0.2, 0.25) is 0 Å². The Labute approximate surface area is 195 Å².